The molecule has 0 unspecified atom stereocenters. The Hall–Kier alpha value is -2.91. The van der Waals surface area contributed by atoms with Gasteiger partial charge in [-0.25, -0.2) is 4.79 Å². The summed E-state index contributed by atoms with van der Waals surface area (Å²) in [7, 11) is 0. The van der Waals surface area contributed by atoms with Gasteiger partial charge < -0.3 is 5.73 Å². The Balaban J connectivity index is 0.00000193. The molecule has 2 heterocycles. The van der Waals surface area contributed by atoms with Crippen molar-refractivity contribution < 1.29 is 22.8 Å². The Kier molecular flexibility index (Phi) is 7.92. The van der Waals surface area contributed by atoms with Crippen molar-refractivity contribution in [2.24, 2.45) is 5.73 Å². The van der Waals surface area contributed by atoms with Crippen molar-refractivity contribution in [2.75, 3.05) is 9.80 Å². The molecular formula is C21H22F3N5O2S2. The van der Waals surface area contributed by atoms with E-state index < -0.39 is 29.2 Å². The standard InChI is InChI=1S/C21H18F3N5O2.2H2S/c22-21(23,24)15-9-13(6-5-12(15)11-25)28-17-3-1-2-4-18(17)29(20(28)31)14-7-8-27-16(10-14)19(26)30;;/h5-10,17-18H,1-4H2,(H2,26,30);2*1H2/t17-,18-;;/m0../s1. The quantitative estimate of drug-likeness (QED) is 0.691. The van der Waals surface area contributed by atoms with Crippen molar-refractivity contribution in [3.8, 4) is 6.07 Å². The molecule has 1 aliphatic carbocycles. The molecule has 2 atom stereocenters. The number of amides is 3. The van der Waals surface area contributed by atoms with Crippen LogP contribution in [0.25, 0.3) is 0 Å². The first kappa shape index (κ1) is 26.3. The second-order valence-corrected chi connectivity index (χ2v) is 7.54. The molecule has 33 heavy (non-hydrogen) atoms. The van der Waals surface area contributed by atoms with Crippen molar-refractivity contribution in [3.63, 3.8) is 0 Å². The molecule has 2 aromatic rings. The van der Waals surface area contributed by atoms with Gasteiger partial charge in [0.2, 0.25) is 0 Å². The number of carbonyl (C=O) groups excluding carboxylic acids is 2. The van der Waals surface area contributed by atoms with E-state index in [0.717, 1.165) is 25.0 Å². The zero-order chi connectivity index (χ0) is 22.3. The predicted octanol–water partition coefficient (Wildman–Crippen LogP) is 4.05. The molecule has 7 nitrogen and oxygen atoms in total. The lowest BCUT2D eigenvalue weighted by molar-refractivity contribution is -0.137. The third-order valence-electron chi connectivity index (χ3n) is 5.75. The van der Waals surface area contributed by atoms with E-state index in [9.17, 15) is 22.8 Å². The molecule has 1 aromatic heterocycles. The van der Waals surface area contributed by atoms with Gasteiger partial charge in [0.05, 0.1) is 29.3 Å². The minimum atomic E-state index is -4.73. The third-order valence-corrected chi connectivity index (χ3v) is 5.75. The van der Waals surface area contributed by atoms with Gasteiger partial charge in [-0.2, -0.15) is 45.4 Å². The molecule has 1 aromatic carbocycles. The minimum Gasteiger partial charge on any atom is -0.364 e. The number of nitriles is 1. The van der Waals surface area contributed by atoms with Crippen LogP contribution in [-0.2, 0) is 6.18 Å². The second-order valence-electron chi connectivity index (χ2n) is 7.54. The summed E-state index contributed by atoms with van der Waals surface area (Å²) in [6.45, 7) is 0. The van der Waals surface area contributed by atoms with Crippen LogP contribution < -0.4 is 15.5 Å². The Morgan fingerprint density at radius 2 is 1.64 bits per heavy atom. The highest BCUT2D eigenvalue weighted by Gasteiger charge is 2.48. The second kappa shape index (κ2) is 9.93. The van der Waals surface area contributed by atoms with Gasteiger partial charge in [0.25, 0.3) is 5.91 Å². The zero-order valence-electron chi connectivity index (χ0n) is 17.3. The number of fused-ring (bicyclic) bond motifs is 1. The van der Waals surface area contributed by atoms with E-state index in [-0.39, 0.29) is 50.5 Å². The summed E-state index contributed by atoms with van der Waals surface area (Å²) < 4.78 is 40.4. The number of carbonyl (C=O) groups is 2. The third kappa shape index (κ3) is 4.74. The summed E-state index contributed by atoms with van der Waals surface area (Å²) in [5.41, 5.74) is 4.22. The highest BCUT2D eigenvalue weighted by molar-refractivity contribution is 7.59. The van der Waals surface area contributed by atoms with Crippen molar-refractivity contribution in [1.82, 2.24) is 4.98 Å². The number of aromatic nitrogens is 1. The number of nitrogens with zero attached hydrogens (tertiary/aromatic N) is 4. The molecule has 0 bridgehead atoms. The number of benzene rings is 1. The van der Waals surface area contributed by atoms with Gasteiger partial charge in [-0.3, -0.25) is 19.6 Å². The van der Waals surface area contributed by atoms with Gasteiger partial charge in [0.1, 0.15) is 5.69 Å². The minimum absolute atomic E-state index is 0. The number of hydrogen-bond donors (Lipinski definition) is 1. The number of rotatable bonds is 3. The molecule has 2 aliphatic rings. The lowest BCUT2D eigenvalue weighted by Gasteiger charge is -2.32. The number of primary amides is 1. The number of pyridine rings is 1. The van der Waals surface area contributed by atoms with E-state index in [4.69, 9.17) is 11.0 Å². The average molecular weight is 498 g/mol. The molecular weight excluding hydrogens is 475 g/mol. The summed E-state index contributed by atoms with van der Waals surface area (Å²) in [6.07, 6.45) is -0.354. The highest BCUT2D eigenvalue weighted by Crippen LogP contribution is 2.42. The monoisotopic (exact) mass is 497 g/mol. The Labute approximate surface area is 202 Å². The maximum Gasteiger partial charge on any atom is 0.417 e. The first-order valence-electron chi connectivity index (χ1n) is 9.72. The smallest absolute Gasteiger partial charge is 0.364 e. The maximum absolute atomic E-state index is 13.5. The summed E-state index contributed by atoms with van der Waals surface area (Å²) >= 11 is 0. The number of nitrogens with two attached hydrogens (primary N) is 1. The van der Waals surface area contributed by atoms with Crippen LogP contribution in [0.3, 0.4) is 0 Å². The molecule has 0 radical (unpaired) electrons. The molecule has 2 fully saturated rings. The number of hydrogen-bond acceptors (Lipinski definition) is 4. The Bertz CT molecular complexity index is 1110. The van der Waals surface area contributed by atoms with Crippen molar-refractivity contribution >= 4 is 50.3 Å². The van der Waals surface area contributed by atoms with Crippen LogP contribution in [0.4, 0.5) is 29.3 Å². The first-order chi connectivity index (χ1) is 14.7. The van der Waals surface area contributed by atoms with E-state index in [0.29, 0.717) is 18.5 Å². The molecule has 1 aliphatic heterocycles. The molecule has 3 amide bonds. The lowest BCUT2D eigenvalue weighted by Crippen LogP contribution is -2.40. The van der Waals surface area contributed by atoms with Crippen molar-refractivity contribution in [2.45, 2.75) is 43.9 Å². The van der Waals surface area contributed by atoms with Gasteiger partial charge >= 0.3 is 12.2 Å². The highest BCUT2D eigenvalue weighted by atomic mass is 32.1. The van der Waals surface area contributed by atoms with Gasteiger partial charge in [-0.15, -0.1) is 0 Å². The molecule has 4 rings (SSSR count). The normalized spacial score (nSPS) is 19.8. The van der Waals surface area contributed by atoms with Crippen LogP contribution in [0.5, 0.6) is 0 Å². The van der Waals surface area contributed by atoms with E-state index in [1.165, 1.54) is 28.1 Å². The maximum atomic E-state index is 13.5. The molecule has 1 saturated carbocycles. The van der Waals surface area contributed by atoms with Crippen LogP contribution in [0.2, 0.25) is 0 Å². The Morgan fingerprint density at radius 1 is 1.06 bits per heavy atom. The van der Waals surface area contributed by atoms with E-state index >= 15 is 0 Å². The van der Waals surface area contributed by atoms with Crippen LogP contribution in [0, 0.1) is 11.3 Å². The van der Waals surface area contributed by atoms with Gasteiger partial charge in [-0.1, -0.05) is 12.8 Å². The van der Waals surface area contributed by atoms with Gasteiger partial charge in [0, 0.05) is 17.6 Å². The number of halogens is 3. The first-order valence-corrected chi connectivity index (χ1v) is 9.72. The van der Waals surface area contributed by atoms with E-state index in [1.807, 2.05) is 0 Å². The van der Waals surface area contributed by atoms with Crippen LogP contribution in [-0.4, -0.2) is 29.0 Å². The largest absolute Gasteiger partial charge is 0.417 e. The average Bonchev–Trinajstić information content (AvgIpc) is 3.04. The topological polar surface area (TPSA) is 103 Å². The van der Waals surface area contributed by atoms with E-state index in [2.05, 4.69) is 4.98 Å². The van der Waals surface area contributed by atoms with Gasteiger partial charge in [0.15, 0.2) is 0 Å². The van der Waals surface area contributed by atoms with Crippen LogP contribution in [0.15, 0.2) is 36.5 Å². The molecule has 1 saturated heterocycles. The van der Waals surface area contributed by atoms with Crippen LogP contribution in [0.1, 0.15) is 47.3 Å². The Morgan fingerprint density at radius 3 is 2.15 bits per heavy atom. The fourth-order valence-corrected chi connectivity index (χ4v) is 4.42. The summed E-state index contributed by atoms with van der Waals surface area (Å²) in [5, 5.41) is 9.06. The number of urea groups is 1. The van der Waals surface area contributed by atoms with Crippen LogP contribution >= 0.6 is 27.0 Å². The van der Waals surface area contributed by atoms with Crippen molar-refractivity contribution in [3.05, 3.63) is 53.3 Å². The fraction of sp³-hybridized carbons (Fsp3) is 0.333. The fourth-order valence-electron chi connectivity index (χ4n) is 4.42. The van der Waals surface area contributed by atoms with Gasteiger partial charge in [-0.05, 0) is 43.2 Å². The number of alkyl halides is 3. The summed E-state index contributed by atoms with van der Waals surface area (Å²) in [4.78, 5) is 31.7. The molecule has 2 N–H and O–H groups in total. The molecule has 12 heteroatoms. The van der Waals surface area contributed by atoms with Crippen molar-refractivity contribution in [1.29, 1.82) is 5.26 Å². The van der Waals surface area contributed by atoms with E-state index in [1.54, 1.807) is 12.1 Å². The summed E-state index contributed by atoms with van der Waals surface area (Å²) in [5.74, 6) is -0.743. The lowest BCUT2D eigenvalue weighted by atomic mass is 9.89. The number of anilines is 2. The summed E-state index contributed by atoms with van der Waals surface area (Å²) in [6, 6.07) is 6.75. The zero-order valence-corrected chi connectivity index (χ0v) is 19.3. The predicted molar refractivity (Wildman–Crippen MR) is 126 cm³/mol. The molecule has 0 spiro atoms. The SMILES string of the molecule is N#Cc1ccc(N2C(=O)N(c3ccnc(C(N)=O)c3)[C@H]3CCCC[C@@H]32)cc1C(F)(F)F.S.S. The molecule has 176 valence electrons.